The molecule has 0 fully saturated rings. The van der Waals surface area contributed by atoms with Crippen LogP contribution in [0.1, 0.15) is 23.1 Å². The summed E-state index contributed by atoms with van der Waals surface area (Å²) in [7, 11) is 0. The first-order chi connectivity index (χ1) is 10.2. The van der Waals surface area contributed by atoms with Gasteiger partial charge in [0.05, 0.1) is 0 Å². The fourth-order valence-electron chi connectivity index (χ4n) is 2.82. The largest absolute Gasteiger partial charge is 0.381 e. The molecule has 1 aromatic carbocycles. The van der Waals surface area contributed by atoms with Crippen molar-refractivity contribution in [1.29, 1.82) is 0 Å². The number of primary amides is 1. The highest BCUT2D eigenvalue weighted by molar-refractivity contribution is 5.77. The summed E-state index contributed by atoms with van der Waals surface area (Å²) in [6.45, 7) is 0.742. The molecule has 1 amide bonds. The van der Waals surface area contributed by atoms with Gasteiger partial charge >= 0.3 is 0 Å². The van der Waals surface area contributed by atoms with Crippen LogP contribution >= 0.6 is 0 Å². The predicted octanol–water partition coefficient (Wildman–Crippen LogP) is 2.28. The minimum atomic E-state index is -0.186. The van der Waals surface area contributed by atoms with Crippen molar-refractivity contribution in [2.45, 2.75) is 25.8 Å². The maximum atomic E-state index is 11.4. The molecule has 3 rings (SSSR count). The van der Waals surface area contributed by atoms with E-state index in [1.807, 2.05) is 18.3 Å². The molecular weight excluding hydrogens is 262 g/mol. The molecule has 3 N–H and O–H groups in total. The highest BCUT2D eigenvalue weighted by Crippen LogP contribution is 2.27. The summed E-state index contributed by atoms with van der Waals surface area (Å²) in [5, 5.41) is 3.40. The Hall–Kier alpha value is -2.36. The zero-order valence-corrected chi connectivity index (χ0v) is 11.9. The molecule has 0 bridgehead atoms. The number of fused-ring (bicyclic) bond motifs is 1. The fourth-order valence-corrected chi connectivity index (χ4v) is 2.82. The van der Waals surface area contributed by atoms with Crippen molar-refractivity contribution in [2.24, 2.45) is 11.7 Å². The number of carbonyl (C=O) groups excluding carboxylic acids is 1. The van der Waals surface area contributed by atoms with E-state index in [1.54, 1.807) is 6.20 Å². The molecule has 1 atom stereocenters. The van der Waals surface area contributed by atoms with Gasteiger partial charge in [0, 0.05) is 30.5 Å². The second kappa shape index (κ2) is 5.95. The Morgan fingerprint density at radius 3 is 3.00 bits per heavy atom. The second-order valence-electron chi connectivity index (χ2n) is 5.54. The summed E-state index contributed by atoms with van der Waals surface area (Å²) >= 11 is 0. The smallest absolute Gasteiger partial charge is 0.220 e. The van der Waals surface area contributed by atoms with E-state index in [0.717, 1.165) is 37.1 Å². The first-order valence-electron chi connectivity index (χ1n) is 7.26. The van der Waals surface area contributed by atoms with Crippen molar-refractivity contribution >= 4 is 11.6 Å². The Labute approximate surface area is 124 Å². The number of benzene rings is 1. The van der Waals surface area contributed by atoms with Crippen LogP contribution in [0, 0.1) is 5.92 Å². The van der Waals surface area contributed by atoms with E-state index >= 15 is 0 Å². The maximum Gasteiger partial charge on any atom is 0.220 e. The number of nitrogens with one attached hydrogen (secondary N) is 1. The number of nitrogens with two attached hydrogens (primary N) is 1. The lowest BCUT2D eigenvalue weighted by atomic mass is 9.83. The molecule has 0 aliphatic heterocycles. The number of hydrogen-bond acceptors (Lipinski definition) is 3. The van der Waals surface area contributed by atoms with Crippen LogP contribution < -0.4 is 11.1 Å². The van der Waals surface area contributed by atoms with Gasteiger partial charge in [0.25, 0.3) is 0 Å². The van der Waals surface area contributed by atoms with Crippen LogP contribution in [0.5, 0.6) is 0 Å². The standard InChI is InChI=1S/C17H19N3O/c18-17(21)14-4-3-13-5-6-16(9-15(13)8-14)20-11-12-2-1-7-19-10-12/h1-2,5-7,9-10,14,20H,3-4,8,11H2,(H2,18,21). The summed E-state index contributed by atoms with van der Waals surface area (Å²) in [5.41, 5.74) is 10.2. The number of amides is 1. The van der Waals surface area contributed by atoms with E-state index in [2.05, 4.69) is 28.5 Å². The summed E-state index contributed by atoms with van der Waals surface area (Å²) < 4.78 is 0. The van der Waals surface area contributed by atoms with Crippen LogP contribution in [0.4, 0.5) is 5.69 Å². The van der Waals surface area contributed by atoms with Crippen LogP contribution in [-0.4, -0.2) is 10.9 Å². The van der Waals surface area contributed by atoms with Crippen LogP contribution in [0.3, 0.4) is 0 Å². The molecule has 21 heavy (non-hydrogen) atoms. The van der Waals surface area contributed by atoms with Crippen molar-refractivity contribution in [3.8, 4) is 0 Å². The lowest BCUT2D eigenvalue weighted by Gasteiger charge is -2.23. The molecule has 1 aliphatic carbocycles. The Bertz CT molecular complexity index is 640. The summed E-state index contributed by atoms with van der Waals surface area (Å²) in [6, 6.07) is 10.4. The normalized spacial score (nSPS) is 17.0. The zero-order chi connectivity index (χ0) is 14.7. The van der Waals surface area contributed by atoms with Gasteiger partial charge in [-0.25, -0.2) is 0 Å². The summed E-state index contributed by atoms with van der Waals surface area (Å²) in [5.74, 6) is -0.208. The lowest BCUT2D eigenvalue weighted by Crippen LogP contribution is -2.28. The van der Waals surface area contributed by atoms with Gasteiger partial charge in [-0.2, -0.15) is 0 Å². The van der Waals surface area contributed by atoms with Crippen molar-refractivity contribution in [2.75, 3.05) is 5.32 Å². The van der Waals surface area contributed by atoms with Crippen molar-refractivity contribution in [3.05, 3.63) is 59.4 Å². The van der Waals surface area contributed by atoms with Crippen LogP contribution in [0.25, 0.3) is 0 Å². The Kier molecular flexibility index (Phi) is 3.86. The third-order valence-electron chi connectivity index (χ3n) is 4.06. The molecule has 0 saturated carbocycles. The highest BCUT2D eigenvalue weighted by Gasteiger charge is 2.22. The molecule has 1 aromatic heterocycles. The van der Waals surface area contributed by atoms with Gasteiger partial charge < -0.3 is 11.1 Å². The fraction of sp³-hybridized carbons (Fsp3) is 0.294. The topological polar surface area (TPSA) is 68.0 Å². The molecule has 2 aromatic rings. The van der Waals surface area contributed by atoms with Gasteiger partial charge in [0.2, 0.25) is 5.91 Å². The third kappa shape index (κ3) is 3.21. The Balaban J connectivity index is 1.71. The molecule has 108 valence electrons. The van der Waals surface area contributed by atoms with Crippen LogP contribution in [-0.2, 0) is 24.2 Å². The molecule has 1 heterocycles. The molecule has 0 radical (unpaired) electrons. The predicted molar refractivity (Wildman–Crippen MR) is 82.7 cm³/mol. The lowest BCUT2D eigenvalue weighted by molar-refractivity contribution is -0.122. The van der Waals surface area contributed by atoms with Gasteiger partial charge in [-0.05, 0) is 54.2 Å². The number of nitrogens with zero attached hydrogens (tertiary/aromatic N) is 1. The maximum absolute atomic E-state index is 11.4. The monoisotopic (exact) mass is 281 g/mol. The van der Waals surface area contributed by atoms with Crippen molar-refractivity contribution < 1.29 is 4.79 Å². The number of rotatable bonds is 4. The average molecular weight is 281 g/mol. The van der Waals surface area contributed by atoms with E-state index in [1.165, 1.54) is 11.1 Å². The minimum absolute atomic E-state index is 0.0222. The number of aromatic nitrogens is 1. The first-order valence-corrected chi connectivity index (χ1v) is 7.26. The Morgan fingerprint density at radius 2 is 2.24 bits per heavy atom. The number of hydrogen-bond donors (Lipinski definition) is 2. The molecule has 4 heteroatoms. The van der Waals surface area contributed by atoms with Gasteiger partial charge in [-0.3, -0.25) is 9.78 Å². The van der Waals surface area contributed by atoms with Gasteiger partial charge in [0.1, 0.15) is 0 Å². The number of pyridine rings is 1. The molecule has 1 aliphatic rings. The van der Waals surface area contributed by atoms with E-state index in [4.69, 9.17) is 5.73 Å². The molecular formula is C17H19N3O. The quantitative estimate of drug-likeness (QED) is 0.903. The second-order valence-corrected chi connectivity index (χ2v) is 5.54. The molecule has 4 nitrogen and oxygen atoms in total. The summed E-state index contributed by atoms with van der Waals surface area (Å²) in [6.07, 6.45) is 6.19. The van der Waals surface area contributed by atoms with E-state index in [9.17, 15) is 4.79 Å². The van der Waals surface area contributed by atoms with Gasteiger partial charge in [-0.15, -0.1) is 0 Å². The first kappa shape index (κ1) is 13.6. The SMILES string of the molecule is NC(=O)C1CCc2ccc(NCc3cccnc3)cc2C1. The van der Waals surface area contributed by atoms with Gasteiger partial charge in [0.15, 0.2) is 0 Å². The van der Waals surface area contributed by atoms with Crippen LogP contribution in [0.2, 0.25) is 0 Å². The average Bonchev–Trinajstić information content (AvgIpc) is 2.53. The van der Waals surface area contributed by atoms with Crippen molar-refractivity contribution in [1.82, 2.24) is 4.98 Å². The molecule has 0 spiro atoms. The number of aryl methyl sites for hydroxylation is 1. The van der Waals surface area contributed by atoms with E-state index < -0.39 is 0 Å². The van der Waals surface area contributed by atoms with E-state index in [0.29, 0.717) is 0 Å². The minimum Gasteiger partial charge on any atom is -0.381 e. The highest BCUT2D eigenvalue weighted by atomic mass is 16.1. The van der Waals surface area contributed by atoms with Crippen molar-refractivity contribution in [3.63, 3.8) is 0 Å². The van der Waals surface area contributed by atoms with Crippen LogP contribution in [0.15, 0.2) is 42.7 Å². The third-order valence-corrected chi connectivity index (χ3v) is 4.06. The zero-order valence-electron chi connectivity index (χ0n) is 11.9. The number of anilines is 1. The molecule has 1 unspecified atom stereocenters. The summed E-state index contributed by atoms with van der Waals surface area (Å²) in [4.78, 5) is 15.5. The van der Waals surface area contributed by atoms with Gasteiger partial charge in [-0.1, -0.05) is 12.1 Å². The molecule has 0 saturated heterocycles. The number of carbonyl (C=O) groups is 1. The Morgan fingerprint density at radius 1 is 1.33 bits per heavy atom. The van der Waals surface area contributed by atoms with E-state index in [-0.39, 0.29) is 11.8 Å².